The maximum atomic E-state index is 12.5. The molecular weight excluding hydrogens is 310 g/mol. The summed E-state index contributed by atoms with van der Waals surface area (Å²) in [5, 5.41) is 3.03. The van der Waals surface area contributed by atoms with Crippen molar-refractivity contribution in [2.75, 3.05) is 18.4 Å². The van der Waals surface area contributed by atoms with E-state index in [1.807, 2.05) is 19.1 Å². The fraction of sp³-hybridized carbons (Fsp3) is 0.429. The second-order valence-electron chi connectivity index (χ2n) is 7.25. The Hall–Kier alpha value is -2.20. The van der Waals surface area contributed by atoms with E-state index in [9.17, 15) is 4.79 Å². The highest BCUT2D eigenvalue weighted by atomic mass is 16.1. The molecular formula is C21H25N3O. The van der Waals surface area contributed by atoms with E-state index in [4.69, 9.17) is 0 Å². The Morgan fingerprint density at radius 1 is 1.16 bits per heavy atom. The number of pyridine rings is 1. The van der Waals surface area contributed by atoms with Crippen LogP contribution in [0.3, 0.4) is 0 Å². The molecule has 1 fully saturated rings. The maximum absolute atomic E-state index is 12.5. The van der Waals surface area contributed by atoms with Crippen molar-refractivity contribution in [2.45, 2.75) is 45.1 Å². The van der Waals surface area contributed by atoms with Crippen LogP contribution in [-0.2, 0) is 12.8 Å². The van der Waals surface area contributed by atoms with Gasteiger partial charge in [0.15, 0.2) is 0 Å². The highest BCUT2D eigenvalue weighted by Gasteiger charge is 2.26. The summed E-state index contributed by atoms with van der Waals surface area (Å²) in [6.45, 7) is 4.23. The number of hydrogen-bond acceptors (Lipinski definition) is 3. The van der Waals surface area contributed by atoms with Crippen molar-refractivity contribution in [3.8, 4) is 0 Å². The van der Waals surface area contributed by atoms with Gasteiger partial charge in [-0.25, -0.2) is 0 Å². The fourth-order valence-electron chi connectivity index (χ4n) is 3.84. The summed E-state index contributed by atoms with van der Waals surface area (Å²) < 4.78 is 0. The third kappa shape index (κ3) is 3.45. The number of fused-ring (bicyclic) bond motifs is 1. The molecule has 0 atom stereocenters. The minimum atomic E-state index is -0.0877. The number of aromatic nitrogens is 1. The molecule has 1 aliphatic heterocycles. The first-order valence-electron chi connectivity index (χ1n) is 9.28. The van der Waals surface area contributed by atoms with Crippen molar-refractivity contribution < 1.29 is 4.79 Å². The fourth-order valence-corrected chi connectivity index (χ4v) is 3.84. The average molecular weight is 335 g/mol. The zero-order valence-electron chi connectivity index (χ0n) is 14.8. The second-order valence-corrected chi connectivity index (χ2v) is 7.25. The first-order valence-corrected chi connectivity index (χ1v) is 9.28. The van der Waals surface area contributed by atoms with Crippen LogP contribution in [0.4, 0.5) is 5.69 Å². The van der Waals surface area contributed by atoms with E-state index in [-0.39, 0.29) is 5.91 Å². The highest BCUT2D eigenvalue weighted by Crippen LogP contribution is 2.28. The van der Waals surface area contributed by atoms with Crippen LogP contribution < -0.4 is 5.32 Å². The minimum Gasteiger partial charge on any atom is -0.322 e. The molecule has 1 saturated carbocycles. The van der Waals surface area contributed by atoms with Gasteiger partial charge in [0.05, 0.1) is 5.56 Å². The number of nitrogens with one attached hydrogen (secondary N) is 1. The van der Waals surface area contributed by atoms with E-state index < -0.39 is 0 Å². The summed E-state index contributed by atoms with van der Waals surface area (Å²) in [4.78, 5) is 19.2. The first-order chi connectivity index (χ1) is 12.2. The van der Waals surface area contributed by atoms with Gasteiger partial charge < -0.3 is 5.32 Å². The largest absolute Gasteiger partial charge is 0.322 e. The number of amides is 1. The molecule has 2 heterocycles. The number of anilines is 1. The average Bonchev–Trinajstić information content (AvgIpc) is 2.76. The molecule has 1 amide bonds. The number of benzene rings is 1. The zero-order chi connectivity index (χ0) is 17.2. The van der Waals surface area contributed by atoms with E-state index in [0.717, 1.165) is 43.2 Å². The molecule has 4 nitrogen and oxygen atoms in total. The van der Waals surface area contributed by atoms with Gasteiger partial charge in [-0.1, -0.05) is 12.5 Å². The van der Waals surface area contributed by atoms with E-state index in [2.05, 4.69) is 27.3 Å². The quantitative estimate of drug-likeness (QED) is 0.932. The van der Waals surface area contributed by atoms with Gasteiger partial charge in [0, 0.05) is 37.2 Å². The molecule has 130 valence electrons. The van der Waals surface area contributed by atoms with Crippen LogP contribution in [0.15, 0.2) is 36.7 Å². The van der Waals surface area contributed by atoms with E-state index in [1.54, 1.807) is 12.4 Å². The topological polar surface area (TPSA) is 45.2 Å². The molecule has 0 spiro atoms. The summed E-state index contributed by atoms with van der Waals surface area (Å²) in [5.41, 5.74) is 5.26. The van der Waals surface area contributed by atoms with Crippen molar-refractivity contribution in [2.24, 2.45) is 0 Å². The number of carbonyl (C=O) groups excluding carboxylic acids is 1. The van der Waals surface area contributed by atoms with Gasteiger partial charge in [-0.05, 0) is 67.5 Å². The van der Waals surface area contributed by atoms with Crippen molar-refractivity contribution in [3.63, 3.8) is 0 Å². The van der Waals surface area contributed by atoms with Crippen LogP contribution in [-0.4, -0.2) is 34.9 Å². The van der Waals surface area contributed by atoms with Crippen LogP contribution in [0.1, 0.15) is 46.3 Å². The summed E-state index contributed by atoms with van der Waals surface area (Å²) in [6.07, 6.45) is 9.64. The normalized spacial score (nSPS) is 18.1. The van der Waals surface area contributed by atoms with Gasteiger partial charge in [-0.15, -0.1) is 0 Å². The molecule has 2 aliphatic rings. The summed E-state index contributed by atoms with van der Waals surface area (Å²) in [7, 11) is 0. The first kappa shape index (κ1) is 16.3. The number of hydrogen-bond donors (Lipinski definition) is 1. The van der Waals surface area contributed by atoms with Gasteiger partial charge in [0.1, 0.15) is 0 Å². The van der Waals surface area contributed by atoms with Crippen LogP contribution >= 0.6 is 0 Å². The number of nitrogens with zero attached hydrogens (tertiary/aromatic N) is 2. The second kappa shape index (κ2) is 6.96. The number of carbonyl (C=O) groups is 1. The lowest BCUT2D eigenvalue weighted by molar-refractivity contribution is 0.102. The molecule has 0 bridgehead atoms. The predicted octanol–water partition coefficient (Wildman–Crippen LogP) is 3.60. The van der Waals surface area contributed by atoms with Gasteiger partial charge in [0.25, 0.3) is 5.91 Å². The Balaban J connectivity index is 1.47. The smallest absolute Gasteiger partial charge is 0.257 e. The van der Waals surface area contributed by atoms with Crippen LogP contribution in [0, 0.1) is 6.92 Å². The van der Waals surface area contributed by atoms with Crippen molar-refractivity contribution in [3.05, 3.63) is 58.9 Å². The zero-order valence-corrected chi connectivity index (χ0v) is 14.8. The van der Waals surface area contributed by atoms with E-state index in [0.29, 0.717) is 5.56 Å². The lowest BCUT2D eigenvalue weighted by Crippen LogP contribution is -2.41. The summed E-state index contributed by atoms with van der Waals surface area (Å²) in [5.74, 6) is -0.0877. The molecule has 4 rings (SSSR count). The molecule has 0 saturated heterocycles. The third-order valence-corrected chi connectivity index (χ3v) is 5.68. The van der Waals surface area contributed by atoms with E-state index >= 15 is 0 Å². The van der Waals surface area contributed by atoms with Gasteiger partial charge >= 0.3 is 0 Å². The Kier molecular flexibility index (Phi) is 4.53. The van der Waals surface area contributed by atoms with Crippen LogP contribution in [0.25, 0.3) is 0 Å². The molecule has 25 heavy (non-hydrogen) atoms. The number of aryl methyl sites for hydroxylation is 1. The predicted molar refractivity (Wildman–Crippen MR) is 100.0 cm³/mol. The Morgan fingerprint density at radius 2 is 1.96 bits per heavy atom. The van der Waals surface area contributed by atoms with Crippen LogP contribution in [0.5, 0.6) is 0 Å². The highest BCUT2D eigenvalue weighted by molar-refractivity contribution is 6.05. The third-order valence-electron chi connectivity index (χ3n) is 5.68. The van der Waals surface area contributed by atoms with Crippen molar-refractivity contribution >= 4 is 11.6 Å². The standard InChI is InChI=1S/C21H25N3O/c1-15-7-10-22-14-20(15)21(25)23-18-6-5-16-8-11-24(19-3-2-4-19)12-9-17(16)13-18/h5-7,10,13-14,19H,2-4,8-9,11-12H2,1H3,(H,23,25). The van der Waals surface area contributed by atoms with Crippen molar-refractivity contribution in [1.29, 1.82) is 0 Å². The summed E-state index contributed by atoms with van der Waals surface area (Å²) in [6, 6.07) is 9.04. The van der Waals surface area contributed by atoms with Gasteiger partial charge in [-0.3, -0.25) is 14.7 Å². The molecule has 0 radical (unpaired) electrons. The van der Waals surface area contributed by atoms with E-state index in [1.165, 1.54) is 30.4 Å². The lowest BCUT2D eigenvalue weighted by Gasteiger charge is -2.36. The molecule has 1 aliphatic carbocycles. The van der Waals surface area contributed by atoms with Crippen LogP contribution in [0.2, 0.25) is 0 Å². The Morgan fingerprint density at radius 3 is 2.68 bits per heavy atom. The number of rotatable bonds is 3. The summed E-state index contributed by atoms with van der Waals surface area (Å²) >= 11 is 0. The molecule has 0 unspecified atom stereocenters. The maximum Gasteiger partial charge on any atom is 0.257 e. The molecule has 4 heteroatoms. The van der Waals surface area contributed by atoms with Gasteiger partial charge in [0.2, 0.25) is 0 Å². The Bertz CT molecular complexity index is 782. The monoisotopic (exact) mass is 335 g/mol. The molecule has 1 N–H and O–H groups in total. The molecule has 1 aromatic heterocycles. The minimum absolute atomic E-state index is 0.0877. The van der Waals surface area contributed by atoms with Gasteiger partial charge in [-0.2, -0.15) is 0 Å². The SMILES string of the molecule is Cc1ccncc1C(=O)Nc1ccc2c(c1)CCN(C1CCC1)CC2. The lowest BCUT2D eigenvalue weighted by atomic mass is 9.91. The molecule has 2 aromatic rings. The molecule has 1 aromatic carbocycles. The Labute approximate surface area is 149 Å². The van der Waals surface area contributed by atoms with Crippen molar-refractivity contribution in [1.82, 2.24) is 9.88 Å².